The van der Waals surface area contributed by atoms with Crippen molar-refractivity contribution in [2.24, 2.45) is 0 Å². The van der Waals surface area contributed by atoms with Crippen LogP contribution in [0.4, 0.5) is 18.0 Å². The number of carbonyl (C=O) groups is 2. The maximum absolute atomic E-state index is 13.0. The highest BCUT2D eigenvalue weighted by molar-refractivity contribution is 5.79. The summed E-state index contributed by atoms with van der Waals surface area (Å²) >= 11 is 0. The predicted octanol–water partition coefficient (Wildman–Crippen LogP) is 1.29. The molecule has 0 heterocycles. The molecule has 2 amide bonds. The monoisotopic (exact) mass is 334 g/mol. The van der Waals surface area contributed by atoms with Crippen LogP contribution in [-0.4, -0.2) is 46.6 Å². The number of hydrogen-bond acceptors (Lipinski definition) is 3. The lowest BCUT2D eigenvalue weighted by Crippen LogP contribution is -2.54. The van der Waals surface area contributed by atoms with E-state index in [1.807, 2.05) is 5.32 Å². The van der Waals surface area contributed by atoms with Crippen molar-refractivity contribution < 1.29 is 33.0 Å². The number of alkyl halides is 3. The molecular weight excluding hydrogens is 317 g/mol. The Hall–Kier alpha value is -2.29. The maximum Gasteiger partial charge on any atom is 0.408 e. The van der Waals surface area contributed by atoms with Crippen LogP contribution < -0.4 is 10.6 Å². The van der Waals surface area contributed by atoms with Crippen LogP contribution in [0.25, 0.3) is 0 Å². The summed E-state index contributed by atoms with van der Waals surface area (Å²) in [6.07, 6.45) is -5.14. The fourth-order valence-electron chi connectivity index (χ4n) is 1.64. The molecule has 128 valence electrons. The number of benzene rings is 1. The van der Waals surface area contributed by atoms with E-state index in [2.05, 4.69) is 0 Å². The van der Waals surface area contributed by atoms with Crippen molar-refractivity contribution in [2.75, 3.05) is 6.54 Å². The highest BCUT2D eigenvalue weighted by atomic mass is 19.4. The Morgan fingerprint density at radius 3 is 2.26 bits per heavy atom. The molecule has 6 nitrogen and oxygen atoms in total. The van der Waals surface area contributed by atoms with E-state index >= 15 is 0 Å². The van der Waals surface area contributed by atoms with Crippen molar-refractivity contribution in [3.05, 3.63) is 35.9 Å². The van der Waals surface area contributed by atoms with Crippen molar-refractivity contribution in [3.63, 3.8) is 0 Å². The molecule has 0 saturated heterocycles. The molecule has 4 N–H and O–H groups in total. The largest absolute Gasteiger partial charge is 0.479 e. The van der Waals surface area contributed by atoms with Crippen LogP contribution >= 0.6 is 0 Å². The fourth-order valence-corrected chi connectivity index (χ4v) is 1.64. The lowest BCUT2D eigenvalue weighted by molar-refractivity contribution is -0.156. The van der Waals surface area contributed by atoms with Crippen molar-refractivity contribution >= 4 is 12.0 Å². The number of aliphatic carboxylic acids is 1. The average molecular weight is 334 g/mol. The van der Waals surface area contributed by atoms with Gasteiger partial charge in [-0.05, 0) is 12.5 Å². The molecule has 9 heteroatoms. The molecule has 0 radical (unpaired) electrons. The third kappa shape index (κ3) is 6.15. The van der Waals surface area contributed by atoms with Gasteiger partial charge < -0.3 is 20.8 Å². The average Bonchev–Trinajstić information content (AvgIpc) is 2.44. The second kappa shape index (κ2) is 7.32. The fraction of sp³-hybridized carbons (Fsp3) is 0.429. The normalized spacial score (nSPS) is 15.3. The molecule has 2 atom stereocenters. The summed E-state index contributed by atoms with van der Waals surface area (Å²) in [6, 6.07) is 4.44. The topological polar surface area (TPSA) is 98.7 Å². The van der Waals surface area contributed by atoms with E-state index in [4.69, 9.17) is 5.11 Å². The molecule has 0 fully saturated rings. The number of aliphatic hydroxyl groups is 1. The first-order valence-electron chi connectivity index (χ1n) is 6.63. The summed E-state index contributed by atoms with van der Waals surface area (Å²) in [5.74, 6) is -1.60. The maximum atomic E-state index is 13.0. The summed E-state index contributed by atoms with van der Waals surface area (Å²) in [6.45, 7) is 0.185. The first kappa shape index (κ1) is 18.8. The van der Waals surface area contributed by atoms with Crippen LogP contribution in [0.2, 0.25) is 0 Å². The molecule has 0 aliphatic heterocycles. The highest BCUT2D eigenvalue weighted by Gasteiger charge is 2.41. The Bertz CT molecular complexity index is 547. The molecule has 0 aromatic heterocycles. The zero-order valence-electron chi connectivity index (χ0n) is 12.2. The Morgan fingerprint density at radius 2 is 1.78 bits per heavy atom. The number of carboxylic acid groups (broad SMARTS) is 1. The lowest BCUT2D eigenvalue weighted by atomic mass is 10.1. The zero-order valence-corrected chi connectivity index (χ0v) is 12.2. The van der Waals surface area contributed by atoms with Crippen LogP contribution in [0.1, 0.15) is 12.5 Å². The number of carbonyl (C=O) groups excluding carboxylic acids is 1. The van der Waals surface area contributed by atoms with Gasteiger partial charge in [-0.1, -0.05) is 30.3 Å². The van der Waals surface area contributed by atoms with Gasteiger partial charge in [0.05, 0.1) is 6.54 Å². The van der Waals surface area contributed by atoms with Gasteiger partial charge in [0.25, 0.3) is 0 Å². The van der Waals surface area contributed by atoms with Gasteiger partial charge in [-0.3, -0.25) is 0 Å². The van der Waals surface area contributed by atoms with Crippen LogP contribution in [0, 0.1) is 0 Å². The molecule has 1 aromatic carbocycles. The number of amides is 2. The second-order valence-corrected chi connectivity index (χ2v) is 5.19. The van der Waals surface area contributed by atoms with Gasteiger partial charge in [0.15, 0.2) is 5.60 Å². The molecule has 0 aliphatic carbocycles. The summed E-state index contributed by atoms with van der Waals surface area (Å²) < 4.78 is 38.9. The van der Waals surface area contributed by atoms with E-state index in [1.165, 1.54) is 12.1 Å². The summed E-state index contributed by atoms with van der Waals surface area (Å²) in [4.78, 5) is 22.2. The van der Waals surface area contributed by atoms with E-state index in [1.54, 1.807) is 23.5 Å². The third-order valence-corrected chi connectivity index (χ3v) is 3.04. The number of halogens is 3. The van der Waals surface area contributed by atoms with Gasteiger partial charge in [0, 0.05) is 6.42 Å². The van der Waals surface area contributed by atoms with Crippen molar-refractivity contribution in [1.29, 1.82) is 0 Å². The summed E-state index contributed by atoms with van der Waals surface area (Å²) in [7, 11) is 0. The predicted molar refractivity (Wildman–Crippen MR) is 74.8 cm³/mol. The van der Waals surface area contributed by atoms with E-state index in [0.29, 0.717) is 5.56 Å². The number of carboxylic acids is 1. The first-order chi connectivity index (χ1) is 10.5. The third-order valence-electron chi connectivity index (χ3n) is 3.04. The molecule has 0 spiro atoms. The molecule has 1 aromatic rings. The van der Waals surface area contributed by atoms with Gasteiger partial charge >= 0.3 is 18.2 Å². The summed E-state index contributed by atoms with van der Waals surface area (Å²) in [5.41, 5.74) is -1.89. The second-order valence-electron chi connectivity index (χ2n) is 5.19. The standard InChI is InChI=1S/C14H17F3N2O4/c1-13(23,11(20)21)8-18-12(22)19-10(14(15,16)17)7-9-5-3-2-4-6-9/h2-6,10,23H,7-8H2,1H3,(H,20,21)(H2,18,19,22). The SMILES string of the molecule is CC(O)(CNC(=O)NC(Cc1ccccc1)C(F)(F)F)C(=O)O. The Balaban J connectivity index is 2.67. The van der Waals surface area contributed by atoms with Crippen molar-refractivity contribution in [3.8, 4) is 0 Å². The van der Waals surface area contributed by atoms with E-state index in [9.17, 15) is 27.9 Å². The molecule has 0 bridgehead atoms. The lowest BCUT2D eigenvalue weighted by Gasteiger charge is -2.23. The minimum atomic E-state index is -4.68. The molecular formula is C14H17F3N2O4. The Morgan fingerprint density at radius 1 is 1.22 bits per heavy atom. The number of hydrogen-bond donors (Lipinski definition) is 4. The quantitative estimate of drug-likeness (QED) is 0.630. The summed E-state index contributed by atoms with van der Waals surface area (Å²) in [5, 5.41) is 21.7. The van der Waals surface area contributed by atoms with Crippen LogP contribution in [-0.2, 0) is 11.2 Å². The zero-order chi connectivity index (χ0) is 17.7. The highest BCUT2D eigenvalue weighted by Crippen LogP contribution is 2.23. The number of urea groups is 1. The van der Waals surface area contributed by atoms with Crippen LogP contribution in [0.3, 0.4) is 0 Å². The van der Waals surface area contributed by atoms with Gasteiger partial charge in [-0.15, -0.1) is 0 Å². The van der Waals surface area contributed by atoms with Gasteiger partial charge in [0.1, 0.15) is 6.04 Å². The van der Waals surface area contributed by atoms with Gasteiger partial charge in [0.2, 0.25) is 0 Å². The Kier molecular flexibility index (Phi) is 5.97. The van der Waals surface area contributed by atoms with E-state index in [-0.39, 0.29) is 0 Å². The number of nitrogens with one attached hydrogen (secondary N) is 2. The Labute approximate surface area is 130 Å². The van der Waals surface area contributed by atoms with Gasteiger partial charge in [-0.25, -0.2) is 9.59 Å². The molecule has 0 saturated carbocycles. The van der Waals surface area contributed by atoms with E-state index in [0.717, 1.165) is 6.92 Å². The van der Waals surface area contributed by atoms with E-state index < -0.39 is 42.8 Å². The minimum absolute atomic E-state index is 0.382. The smallest absolute Gasteiger partial charge is 0.408 e. The van der Waals surface area contributed by atoms with Crippen LogP contribution in [0.15, 0.2) is 30.3 Å². The van der Waals surface area contributed by atoms with Crippen molar-refractivity contribution in [2.45, 2.75) is 31.2 Å². The number of rotatable bonds is 6. The molecule has 23 heavy (non-hydrogen) atoms. The molecule has 1 rings (SSSR count). The molecule has 0 aliphatic rings. The molecule has 2 unspecified atom stereocenters. The first-order valence-corrected chi connectivity index (χ1v) is 6.63. The van der Waals surface area contributed by atoms with Crippen molar-refractivity contribution in [1.82, 2.24) is 10.6 Å². The van der Waals surface area contributed by atoms with Gasteiger partial charge in [-0.2, -0.15) is 13.2 Å². The van der Waals surface area contributed by atoms with Crippen LogP contribution in [0.5, 0.6) is 0 Å². The minimum Gasteiger partial charge on any atom is -0.479 e.